The van der Waals surface area contributed by atoms with Crippen LogP contribution < -0.4 is 10.1 Å². The van der Waals surface area contributed by atoms with Gasteiger partial charge < -0.3 is 14.8 Å². The average molecular weight is 388 g/mol. The number of ether oxygens (including phenoxy) is 2. The van der Waals surface area contributed by atoms with E-state index < -0.39 is 30.1 Å². The van der Waals surface area contributed by atoms with Gasteiger partial charge in [-0.15, -0.1) is 13.2 Å². The number of halogens is 4. The third-order valence-corrected chi connectivity index (χ3v) is 3.44. The van der Waals surface area contributed by atoms with Crippen LogP contribution in [0.5, 0.6) is 5.75 Å². The molecule has 2 aromatic carbocycles. The largest absolute Gasteiger partial charge is 0.573 e. The molecule has 0 saturated carbocycles. The molecule has 5 nitrogen and oxygen atoms in total. The van der Waals surface area contributed by atoms with Crippen LogP contribution in [0.1, 0.15) is 17.3 Å². The molecule has 0 aliphatic heterocycles. The molecule has 0 spiro atoms. The summed E-state index contributed by atoms with van der Waals surface area (Å²) in [6.45, 7) is 1.35. The van der Waals surface area contributed by atoms with Gasteiger partial charge in [0.15, 0.2) is 6.10 Å². The highest BCUT2D eigenvalue weighted by atomic mass is 35.5. The van der Waals surface area contributed by atoms with Crippen molar-refractivity contribution in [3.05, 3.63) is 59.1 Å². The molecule has 26 heavy (non-hydrogen) atoms. The maximum Gasteiger partial charge on any atom is 0.573 e. The van der Waals surface area contributed by atoms with Gasteiger partial charge in [-0.25, -0.2) is 4.79 Å². The van der Waals surface area contributed by atoms with E-state index >= 15 is 0 Å². The Hall–Kier alpha value is -2.74. The molecule has 0 radical (unpaired) electrons. The molecule has 0 fully saturated rings. The Morgan fingerprint density at radius 2 is 1.69 bits per heavy atom. The minimum atomic E-state index is -4.83. The lowest BCUT2D eigenvalue weighted by Gasteiger charge is -2.14. The molecular weight excluding hydrogens is 375 g/mol. The van der Waals surface area contributed by atoms with E-state index in [2.05, 4.69) is 10.1 Å². The molecule has 0 aromatic heterocycles. The normalized spacial score (nSPS) is 12.2. The van der Waals surface area contributed by atoms with Crippen molar-refractivity contribution < 1.29 is 32.2 Å². The van der Waals surface area contributed by atoms with Gasteiger partial charge >= 0.3 is 12.3 Å². The Balaban J connectivity index is 1.96. The molecule has 1 amide bonds. The van der Waals surface area contributed by atoms with Crippen molar-refractivity contribution in [2.45, 2.75) is 19.4 Å². The molecule has 1 atom stereocenters. The zero-order valence-electron chi connectivity index (χ0n) is 13.3. The van der Waals surface area contributed by atoms with Crippen LogP contribution in [0.4, 0.5) is 18.9 Å². The van der Waals surface area contributed by atoms with Gasteiger partial charge in [0.25, 0.3) is 5.91 Å². The number of carbonyl (C=O) groups is 2. The topological polar surface area (TPSA) is 64.6 Å². The predicted molar refractivity (Wildman–Crippen MR) is 88.1 cm³/mol. The number of esters is 1. The van der Waals surface area contributed by atoms with Crippen LogP contribution in [0.3, 0.4) is 0 Å². The van der Waals surface area contributed by atoms with E-state index in [1.165, 1.54) is 6.92 Å². The van der Waals surface area contributed by atoms with Crippen LogP contribution in [-0.4, -0.2) is 24.3 Å². The molecule has 1 N–H and O–H groups in total. The van der Waals surface area contributed by atoms with Gasteiger partial charge in [-0.05, 0) is 43.3 Å². The van der Waals surface area contributed by atoms with E-state index in [0.29, 0.717) is 10.7 Å². The molecule has 138 valence electrons. The Labute approximate surface area is 151 Å². The Morgan fingerprint density at radius 1 is 1.08 bits per heavy atom. The summed E-state index contributed by atoms with van der Waals surface area (Å²) in [5.74, 6) is -1.95. The first-order valence-electron chi connectivity index (χ1n) is 7.28. The van der Waals surface area contributed by atoms with Gasteiger partial charge in [0.1, 0.15) is 5.75 Å². The minimum absolute atomic E-state index is 0.0306. The third kappa shape index (κ3) is 5.66. The standard InChI is InChI=1S/C17H13ClF3NO4/c1-10(15(23)22-14-5-3-2-4-13(14)18)25-16(24)11-6-8-12(9-7-11)26-17(19,20)21/h2-10H,1H3,(H,22,23). The predicted octanol–water partition coefficient (Wildman–Crippen LogP) is 4.42. The smallest absolute Gasteiger partial charge is 0.449 e. The Bertz CT molecular complexity index is 793. The summed E-state index contributed by atoms with van der Waals surface area (Å²) in [6.07, 6.45) is -5.97. The summed E-state index contributed by atoms with van der Waals surface area (Å²) >= 11 is 5.92. The molecule has 0 aliphatic carbocycles. The highest BCUT2D eigenvalue weighted by Crippen LogP contribution is 2.23. The summed E-state index contributed by atoms with van der Waals surface area (Å²) in [5.41, 5.74) is 0.327. The number of amides is 1. The number of para-hydroxylation sites is 1. The van der Waals surface area contributed by atoms with Crippen molar-refractivity contribution in [3.63, 3.8) is 0 Å². The molecule has 0 saturated heterocycles. The van der Waals surface area contributed by atoms with Gasteiger partial charge in [-0.3, -0.25) is 4.79 Å². The minimum Gasteiger partial charge on any atom is -0.449 e. The maximum atomic E-state index is 12.1. The van der Waals surface area contributed by atoms with Gasteiger partial charge in [0.2, 0.25) is 0 Å². The number of alkyl halides is 3. The SMILES string of the molecule is CC(OC(=O)c1ccc(OC(F)(F)F)cc1)C(=O)Nc1ccccc1Cl. The van der Waals surface area contributed by atoms with Crippen LogP contribution in [-0.2, 0) is 9.53 Å². The molecule has 2 aromatic rings. The average Bonchev–Trinajstić information content (AvgIpc) is 2.56. The van der Waals surface area contributed by atoms with Gasteiger partial charge in [-0.2, -0.15) is 0 Å². The lowest BCUT2D eigenvalue weighted by Crippen LogP contribution is -2.30. The molecule has 0 heterocycles. The number of rotatable bonds is 5. The summed E-state index contributed by atoms with van der Waals surface area (Å²) in [7, 11) is 0. The molecule has 0 aliphatic rings. The van der Waals surface area contributed by atoms with Crippen molar-refractivity contribution in [2.24, 2.45) is 0 Å². The first-order chi connectivity index (χ1) is 12.2. The van der Waals surface area contributed by atoms with Crippen LogP contribution in [0, 0.1) is 0 Å². The number of hydrogen-bond acceptors (Lipinski definition) is 4. The Kier molecular flexibility index (Phi) is 6.10. The van der Waals surface area contributed by atoms with E-state index in [0.717, 1.165) is 24.3 Å². The lowest BCUT2D eigenvalue weighted by molar-refractivity contribution is -0.274. The van der Waals surface area contributed by atoms with Crippen LogP contribution >= 0.6 is 11.6 Å². The molecule has 1 unspecified atom stereocenters. The number of hydrogen-bond donors (Lipinski definition) is 1. The number of carbonyl (C=O) groups excluding carboxylic acids is 2. The van der Waals surface area contributed by atoms with E-state index in [1.54, 1.807) is 24.3 Å². The second-order valence-electron chi connectivity index (χ2n) is 5.09. The zero-order valence-corrected chi connectivity index (χ0v) is 14.1. The molecule has 0 bridgehead atoms. The zero-order chi connectivity index (χ0) is 19.3. The van der Waals surface area contributed by atoms with Gasteiger partial charge in [0.05, 0.1) is 16.3 Å². The van der Waals surface area contributed by atoms with Crippen molar-refractivity contribution in [1.29, 1.82) is 0 Å². The monoisotopic (exact) mass is 387 g/mol. The van der Waals surface area contributed by atoms with Crippen molar-refractivity contribution in [1.82, 2.24) is 0 Å². The van der Waals surface area contributed by atoms with Crippen LogP contribution in [0.25, 0.3) is 0 Å². The third-order valence-electron chi connectivity index (χ3n) is 3.11. The number of benzene rings is 2. The number of anilines is 1. The van der Waals surface area contributed by atoms with Crippen molar-refractivity contribution in [2.75, 3.05) is 5.32 Å². The molecule has 2 rings (SSSR count). The second kappa shape index (κ2) is 8.09. The summed E-state index contributed by atoms with van der Waals surface area (Å²) in [6, 6.07) is 10.7. The first kappa shape index (κ1) is 19.6. The fourth-order valence-corrected chi connectivity index (χ4v) is 2.05. The summed E-state index contributed by atoms with van der Waals surface area (Å²) in [5, 5.41) is 2.83. The Morgan fingerprint density at radius 3 is 2.27 bits per heavy atom. The maximum absolute atomic E-state index is 12.1. The van der Waals surface area contributed by atoms with E-state index in [4.69, 9.17) is 16.3 Å². The number of nitrogens with one attached hydrogen (secondary N) is 1. The highest BCUT2D eigenvalue weighted by molar-refractivity contribution is 6.33. The summed E-state index contributed by atoms with van der Waals surface area (Å²) < 4.78 is 45.0. The van der Waals surface area contributed by atoms with E-state index in [1.807, 2.05) is 0 Å². The van der Waals surface area contributed by atoms with Gasteiger partial charge in [0, 0.05) is 0 Å². The fourth-order valence-electron chi connectivity index (χ4n) is 1.87. The second-order valence-corrected chi connectivity index (χ2v) is 5.50. The first-order valence-corrected chi connectivity index (χ1v) is 7.65. The lowest BCUT2D eigenvalue weighted by atomic mass is 10.2. The molecular formula is C17H13ClF3NO4. The van der Waals surface area contributed by atoms with Crippen molar-refractivity contribution >= 4 is 29.2 Å². The molecule has 9 heteroatoms. The summed E-state index contributed by atoms with van der Waals surface area (Å²) in [4.78, 5) is 24.0. The van der Waals surface area contributed by atoms with E-state index in [9.17, 15) is 22.8 Å². The quantitative estimate of drug-likeness (QED) is 0.771. The highest BCUT2D eigenvalue weighted by Gasteiger charge is 2.31. The van der Waals surface area contributed by atoms with Crippen LogP contribution in [0.15, 0.2) is 48.5 Å². The van der Waals surface area contributed by atoms with Gasteiger partial charge in [-0.1, -0.05) is 23.7 Å². The van der Waals surface area contributed by atoms with Crippen LogP contribution in [0.2, 0.25) is 5.02 Å². The fraction of sp³-hybridized carbons (Fsp3) is 0.176. The van der Waals surface area contributed by atoms with E-state index in [-0.39, 0.29) is 5.56 Å². The van der Waals surface area contributed by atoms with Crippen molar-refractivity contribution in [3.8, 4) is 5.75 Å².